The lowest BCUT2D eigenvalue weighted by atomic mass is 10.0. The van der Waals surface area contributed by atoms with Crippen molar-refractivity contribution in [2.75, 3.05) is 6.16 Å². The Morgan fingerprint density at radius 1 is 1.67 bits per heavy atom. The first kappa shape index (κ1) is 9.17. The van der Waals surface area contributed by atoms with Crippen LogP contribution in [0.5, 0.6) is 0 Å². The third-order valence-corrected chi connectivity index (χ3v) is 2.36. The molecule has 0 aliphatic heterocycles. The average molecular weight is 144 g/mol. The second-order valence-corrected chi connectivity index (χ2v) is 2.85. The van der Waals surface area contributed by atoms with Crippen LogP contribution in [0.25, 0.3) is 0 Å². The van der Waals surface area contributed by atoms with Crippen molar-refractivity contribution in [3.63, 3.8) is 0 Å². The zero-order chi connectivity index (χ0) is 7.11. The molecule has 0 N–H and O–H groups in total. The smallest absolute Gasteiger partial charge is 0.0351 e. The van der Waals surface area contributed by atoms with Crippen LogP contribution in [0.4, 0.5) is 0 Å². The van der Waals surface area contributed by atoms with Gasteiger partial charge in [-0.2, -0.15) is 0 Å². The standard InChI is InChI=1S/C8H17P/c1-3-5-6-8(4-2)7-9/h3,8H,1,4-7,9H2,2H3. The van der Waals surface area contributed by atoms with Crippen molar-refractivity contribution >= 4 is 9.24 Å². The molecule has 0 fully saturated rings. The molecule has 0 bridgehead atoms. The fourth-order valence-electron chi connectivity index (χ4n) is 0.842. The predicted octanol–water partition coefficient (Wildman–Crippen LogP) is 2.85. The van der Waals surface area contributed by atoms with Crippen LogP contribution in [-0.2, 0) is 0 Å². The van der Waals surface area contributed by atoms with Gasteiger partial charge in [0.2, 0.25) is 0 Å². The lowest BCUT2D eigenvalue weighted by molar-refractivity contribution is 0.531. The summed E-state index contributed by atoms with van der Waals surface area (Å²) in [5, 5.41) is 0. The van der Waals surface area contributed by atoms with Gasteiger partial charge < -0.3 is 0 Å². The van der Waals surface area contributed by atoms with Gasteiger partial charge in [-0.15, -0.1) is 15.8 Å². The second-order valence-electron chi connectivity index (χ2n) is 2.38. The summed E-state index contributed by atoms with van der Waals surface area (Å²) in [6, 6.07) is 0. The molecule has 0 radical (unpaired) electrons. The zero-order valence-electron chi connectivity index (χ0n) is 6.27. The van der Waals surface area contributed by atoms with Crippen LogP contribution in [0.1, 0.15) is 26.2 Å². The van der Waals surface area contributed by atoms with E-state index in [9.17, 15) is 0 Å². The van der Waals surface area contributed by atoms with E-state index < -0.39 is 0 Å². The molecular formula is C8H17P. The van der Waals surface area contributed by atoms with E-state index in [4.69, 9.17) is 0 Å². The monoisotopic (exact) mass is 144 g/mol. The second kappa shape index (κ2) is 6.29. The number of hydrogen-bond acceptors (Lipinski definition) is 0. The molecule has 0 aromatic rings. The Kier molecular flexibility index (Phi) is 6.41. The van der Waals surface area contributed by atoms with Crippen LogP contribution in [-0.4, -0.2) is 6.16 Å². The van der Waals surface area contributed by atoms with E-state index in [2.05, 4.69) is 22.7 Å². The lowest BCUT2D eigenvalue weighted by Gasteiger charge is -2.08. The summed E-state index contributed by atoms with van der Waals surface area (Å²) in [6.07, 6.45) is 7.03. The van der Waals surface area contributed by atoms with E-state index in [0.29, 0.717) is 0 Å². The van der Waals surface area contributed by atoms with Gasteiger partial charge in [0, 0.05) is 0 Å². The molecule has 9 heavy (non-hydrogen) atoms. The molecule has 0 aromatic heterocycles. The molecule has 2 atom stereocenters. The van der Waals surface area contributed by atoms with Gasteiger partial charge in [-0.25, -0.2) is 0 Å². The average Bonchev–Trinajstić information content (AvgIpc) is 1.91. The summed E-state index contributed by atoms with van der Waals surface area (Å²) in [5.41, 5.74) is 0. The molecule has 0 rings (SSSR count). The van der Waals surface area contributed by atoms with E-state index >= 15 is 0 Å². The molecule has 0 aliphatic carbocycles. The molecule has 0 spiro atoms. The third kappa shape index (κ3) is 4.66. The Morgan fingerprint density at radius 2 is 2.33 bits per heavy atom. The molecule has 0 saturated heterocycles. The summed E-state index contributed by atoms with van der Waals surface area (Å²) in [5.74, 6) is 0.896. The van der Waals surface area contributed by atoms with Crippen molar-refractivity contribution in [1.82, 2.24) is 0 Å². The topological polar surface area (TPSA) is 0 Å². The van der Waals surface area contributed by atoms with Gasteiger partial charge in [-0.3, -0.25) is 0 Å². The fourth-order valence-corrected chi connectivity index (χ4v) is 1.41. The number of allylic oxidation sites excluding steroid dienone is 1. The van der Waals surface area contributed by atoms with Crippen LogP contribution < -0.4 is 0 Å². The summed E-state index contributed by atoms with van der Waals surface area (Å²) in [6.45, 7) is 5.94. The lowest BCUT2D eigenvalue weighted by Crippen LogP contribution is -1.98. The highest BCUT2D eigenvalue weighted by molar-refractivity contribution is 7.16. The van der Waals surface area contributed by atoms with Crippen molar-refractivity contribution in [2.24, 2.45) is 5.92 Å². The first-order chi connectivity index (χ1) is 4.35. The molecule has 0 aromatic carbocycles. The normalized spacial score (nSPS) is 13.1. The van der Waals surface area contributed by atoms with Gasteiger partial charge in [0.05, 0.1) is 0 Å². The minimum atomic E-state index is 0.896. The maximum Gasteiger partial charge on any atom is -0.0351 e. The Morgan fingerprint density at radius 3 is 2.67 bits per heavy atom. The van der Waals surface area contributed by atoms with Crippen molar-refractivity contribution in [3.8, 4) is 0 Å². The summed E-state index contributed by atoms with van der Waals surface area (Å²) >= 11 is 0. The SMILES string of the molecule is C=CCCC(CC)CP. The quantitative estimate of drug-likeness (QED) is 0.411. The van der Waals surface area contributed by atoms with E-state index in [0.717, 1.165) is 5.92 Å². The van der Waals surface area contributed by atoms with Crippen LogP contribution >= 0.6 is 9.24 Å². The van der Waals surface area contributed by atoms with Crippen molar-refractivity contribution in [3.05, 3.63) is 12.7 Å². The maximum atomic E-state index is 3.69. The van der Waals surface area contributed by atoms with Gasteiger partial charge in [-0.1, -0.05) is 19.4 Å². The largest absolute Gasteiger partial charge is 0.137 e. The van der Waals surface area contributed by atoms with Crippen LogP contribution in [0.15, 0.2) is 12.7 Å². The Labute approximate surface area is 60.9 Å². The predicted molar refractivity (Wildman–Crippen MR) is 47.8 cm³/mol. The molecule has 0 amide bonds. The fraction of sp³-hybridized carbons (Fsp3) is 0.750. The highest BCUT2D eigenvalue weighted by atomic mass is 31.0. The molecule has 0 saturated carbocycles. The van der Waals surface area contributed by atoms with E-state index in [-0.39, 0.29) is 0 Å². The third-order valence-electron chi connectivity index (χ3n) is 1.69. The van der Waals surface area contributed by atoms with Gasteiger partial charge in [0.1, 0.15) is 0 Å². The van der Waals surface area contributed by atoms with Gasteiger partial charge in [-0.05, 0) is 24.9 Å². The van der Waals surface area contributed by atoms with Crippen molar-refractivity contribution < 1.29 is 0 Å². The minimum Gasteiger partial charge on any atom is -0.137 e. The van der Waals surface area contributed by atoms with Gasteiger partial charge in [0.25, 0.3) is 0 Å². The number of rotatable bonds is 5. The molecular weight excluding hydrogens is 127 g/mol. The Balaban J connectivity index is 3.19. The zero-order valence-corrected chi connectivity index (χ0v) is 7.42. The molecule has 0 heterocycles. The molecule has 1 heteroatoms. The van der Waals surface area contributed by atoms with Crippen LogP contribution in [0.3, 0.4) is 0 Å². The summed E-state index contributed by atoms with van der Waals surface area (Å²) in [7, 11) is 2.80. The van der Waals surface area contributed by atoms with Crippen LogP contribution in [0, 0.1) is 5.92 Å². The summed E-state index contributed by atoms with van der Waals surface area (Å²) < 4.78 is 0. The Bertz CT molecular complexity index is 65.0. The van der Waals surface area contributed by atoms with E-state index in [1.807, 2.05) is 6.08 Å². The number of hydrogen-bond donors (Lipinski definition) is 0. The van der Waals surface area contributed by atoms with Crippen molar-refractivity contribution in [1.29, 1.82) is 0 Å². The molecule has 0 aliphatic rings. The van der Waals surface area contributed by atoms with Gasteiger partial charge >= 0.3 is 0 Å². The molecule has 54 valence electrons. The first-order valence-corrected chi connectivity index (χ1v) is 4.47. The van der Waals surface area contributed by atoms with E-state index in [1.165, 1.54) is 25.4 Å². The highest BCUT2D eigenvalue weighted by Crippen LogP contribution is 2.13. The minimum absolute atomic E-state index is 0.896. The first-order valence-electron chi connectivity index (χ1n) is 3.66. The van der Waals surface area contributed by atoms with Crippen molar-refractivity contribution in [2.45, 2.75) is 26.2 Å². The van der Waals surface area contributed by atoms with Gasteiger partial charge in [0.15, 0.2) is 0 Å². The maximum absolute atomic E-state index is 3.69. The van der Waals surface area contributed by atoms with Crippen LogP contribution in [0.2, 0.25) is 0 Å². The summed E-state index contributed by atoms with van der Waals surface area (Å²) in [4.78, 5) is 0. The molecule has 0 nitrogen and oxygen atoms in total. The van der Waals surface area contributed by atoms with E-state index in [1.54, 1.807) is 0 Å². The Hall–Kier alpha value is 0.170. The highest BCUT2D eigenvalue weighted by Gasteiger charge is 1.99. The molecule has 2 unspecified atom stereocenters.